The van der Waals surface area contributed by atoms with Crippen molar-refractivity contribution in [2.24, 2.45) is 0 Å². The Morgan fingerprint density at radius 3 is 2.58 bits per heavy atom. The molecule has 0 bridgehead atoms. The Kier molecular flexibility index (Phi) is 3.67. The molecule has 8 heteroatoms. The Morgan fingerprint density at radius 2 is 1.95 bits per heavy atom. The Balaban J connectivity index is 2.17. The molecule has 0 saturated carbocycles. The summed E-state index contributed by atoms with van der Waals surface area (Å²) in [7, 11) is 0. The number of carbonyl (C=O) groups is 2. The molecule has 0 aliphatic carbocycles. The fourth-order valence-corrected chi connectivity index (χ4v) is 1.35. The minimum atomic E-state index is -1.13. The molecule has 2 N–H and O–H groups in total. The van der Waals surface area contributed by atoms with E-state index in [-0.39, 0.29) is 22.1 Å². The Labute approximate surface area is 112 Å². The van der Waals surface area contributed by atoms with Gasteiger partial charge in [0.15, 0.2) is 0 Å². The first kappa shape index (κ1) is 12.9. The zero-order valence-electron chi connectivity index (χ0n) is 9.37. The highest BCUT2D eigenvalue weighted by Gasteiger charge is 2.10. The van der Waals surface area contributed by atoms with E-state index in [9.17, 15) is 9.59 Å². The standard InChI is InChI=1S/C11H7ClN4O3/c12-9-5-14-8(4-15-9)10(17)16-7-1-6(11(18)19)2-13-3-7/h1-5H,(H,16,17)(H,18,19). The molecule has 0 aliphatic rings. The molecule has 2 aromatic rings. The molecule has 7 nitrogen and oxygen atoms in total. The van der Waals surface area contributed by atoms with Crippen LogP contribution in [-0.2, 0) is 0 Å². The average molecular weight is 279 g/mol. The van der Waals surface area contributed by atoms with Crippen LogP contribution in [0, 0.1) is 0 Å². The SMILES string of the molecule is O=C(O)c1cncc(NC(=O)c2cnc(Cl)cn2)c1. The Hall–Kier alpha value is -2.54. The van der Waals surface area contributed by atoms with Crippen LogP contribution < -0.4 is 5.32 Å². The van der Waals surface area contributed by atoms with Crippen LogP contribution >= 0.6 is 11.6 Å². The number of hydrogen-bond donors (Lipinski definition) is 2. The summed E-state index contributed by atoms with van der Waals surface area (Å²) in [6, 6.07) is 1.29. The molecule has 0 fully saturated rings. The van der Waals surface area contributed by atoms with Gasteiger partial charge in [0.05, 0.1) is 29.8 Å². The maximum Gasteiger partial charge on any atom is 0.337 e. The molecule has 1 amide bonds. The number of nitrogens with one attached hydrogen (secondary N) is 1. The Morgan fingerprint density at radius 1 is 1.16 bits per heavy atom. The molecule has 19 heavy (non-hydrogen) atoms. The highest BCUT2D eigenvalue weighted by molar-refractivity contribution is 6.29. The minimum absolute atomic E-state index is 0.0278. The number of carboxylic acid groups (broad SMARTS) is 1. The molecule has 0 saturated heterocycles. The molecule has 0 radical (unpaired) electrons. The molecule has 0 aromatic carbocycles. The maximum atomic E-state index is 11.8. The van der Waals surface area contributed by atoms with Crippen LogP contribution in [-0.4, -0.2) is 31.9 Å². The second-order valence-electron chi connectivity index (χ2n) is 3.45. The van der Waals surface area contributed by atoms with Crippen LogP contribution in [0.15, 0.2) is 30.9 Å². The molecule has 0 unspecified atom stereocenters. The van der Waals surface area contributed by atoms with Gasteiger partial charge in [-0.2, -0.15) is 0 Å². The number of anilines is 1. The largest absolute Gasteiger partial charge is 0.478 e. The molecule has 0 spiro atoms. The van der Waals surface area contributed by atoms with Gasteiger partial charge in [-0.15, -0.1) is 0 Å². The predicted octanol–water partition coefficient (Wildman–Crippen LogP) is 1.48. The fourth-order valence-electron chi connectivity index (χ4n) is 1.25. The minimum Gasteiger partial charge on any atom is -0.478 e. The van der Waals surface area contributed by atoms with Crippen LogP contribution in [0.5, 0.6) is 0 Å². The zero-order chi connectivity index (χ0) is 13.8. The van der Waals surface area contributed by atoms with Gasteiger partial charge in [0.2, 0.25) is 0 Å². The van der Waals surface area contributed by atoms with Crippen molar-refractivity contribution >= 4 is 29.2 Å². The molecular weight excluding hydrogens is 272 g/mol. The van der Waals surface area contributed by atoms with E-state index >= 15 is 0 Å². The lowest BCUT2D eigenvalue weighted by molar-refractivity contribution is 0.0696. The zero-order valence-corrected chi connectivity index (χ0v) is 10.1. The number of amides is 1. The molecule has 0 aliphatic heterocycles. The van der Waals surface area contributed by atoms with Gasteiger partial charge in [0.1, 0.15) is 10.8 Å². The molecule has 2 aromatic heterocycles. The fraction of sp³-hybridized carbons (Fsp3) is 0. The van der Waals surface area contributed by atoms with Crippen molar-refractivity contribution in [3.63, 3.8) is 0 Å². The molecule has 2 heterocycles. The van der Waals surface area contributed by atoms with Crippen molar-refractivity contribution in [1.82, 2.24) is 15.0 Å². The van der Waals surface area contributed by atoms with E-state index in [2.05, 4.69) is 20.3 Å². The number of pyridine rings is 1. The summed E-state index contributed by atoms with van der Waals surface area (Å²) in [5.41, 5.74) is 0.284. The van der Waals surface area contributed by atoms with Gasteiger partial charge in [-0.05, 0) is 6.07 Å². The van der Waals surface area contributed by atoms with Crippen LogP contribution in [0.2, 0.25) is 5.15 Å². The Bertz CT molecular complexity index is 630. The van der Waals surface area contributed by atoms with Crippen LogP contribution in [0.1, 0.15) is 20.8 Å². The maximum absolute atomic E-state index is 11.8. The first-order chi connectivity index (χ1) is 9.06. The number of aromatic carboxylic acids is 1. The van der Waals surface area contributed by atoms with Gasteiger partial charge in [0.25, 0.3) is 5.91 Å². The summed E-state index contributed by atoms with van der Waals surface area (Å²) in [5, 5.41) is 11.4. The average Bonchev–Trinajstić information content (AvgIpc) is 2.39. The van der Waals surface area contributed by atoms with E-state index in [1.165, 1.54) is 30.9 Å². The summed E-state index contributed by atoms with van der Waals surface area (Å²) >= 11 is 5.55. The summed E-state index contributed by atoms with van der Waals surface area (Å²) in [6.45, 7) is 0. The highest BCUT2D eigenvalue weighted by atomic mass is 35.5. The number of hydrogen-bond acceptors (Lipinski definition) is 5. The monoisotopic (exact) mass is 278 g/mol. The van der Waals surface area contributed by atoms with E-state index in [0.29, 0.717) is 0 Å². The molecule has 0 atom stereocenters. The topological polar surface area (TPSA) is 105 Å². The molecule has 2 rings (SSSR count). The number of nitrogens with zero attached hydrogens (tertiary/aromatic N) is 3. The number of rotatable bonds is 3. The van der Waals surface area contributed by atoms with Crippen LogP contribution in [0.3, 0.4) is 0 Å². The summed E-state index contributed by atoms with van der Waals surface area (Å²) < 4.78 is 0. The smallest absolute Gasteiger partial charge is 0.337 e. The quantitative estimate of drug-likeness (QED) is 0.881. The van der Waals surface area contributed by atoms with Gasteiger partial charge in [-0.25, -0.2) is 14.8 Å². The van der Waals surface area contributed by atoms with Crippen molar-refractivity contribution in [3.8, 4) is 0 Å². The first-order valence-electron chi connectivity index (χ1n) is 5.03. The third kappa shape index (κ3) is 3.23. The predicted molar refractivity (Wildman–Crippen MR) is 66.2 cm³/mol. The molecular formula is C11H7ClN4O3. The first-order valence-corrected chi connectivity index (χ1v) is 5.41. The normalized spacial score (nSPS) is 9.95. The van der Waals surface area contributed by atoms with Crippen molar-refractivity contribution in [3.05, 3.63) is 47.3 Å². The molecule has 96 valence electrons. The van der Waals surface area contributed by atoms with Crippen LogP contribution in [0.25, 0.3) is 0 Å². The van der Waals surface area contributed by atoms with Gasteiger partial charge in [-0.1, -0.05) is 11.6 Å². The number of carboxylic acids is 1. The van der Waals surface area contributed by atoms with Crippen molar-refractivity contribution in [2.45, 2.75) is 0 Å². The van der Waals surface area contributed by atoms with Crippen molar-refractivity contribution < 1.29 is 14.7 Å². The van der Waals surface area contributed by atoms with E-state index in [1.54, 1.807) is 0 Å². The third-order valence-corrected chi connectivity index (χ3v) is 2.29. The van der Waals surface area contributed by atoms with Gasteiger partial charge < -0.3 is 10.4 Å². The van der Waals surface area contributed by atoms with E-state index < -0.39 is 11.9 Å². The number of carbonyl (C=O) groups excluding carboxylic acids is 1. The van der Waals surface area contributed by atoms with Gasteiger partial charge in [0, 0.05) is 6.20 Å². The van der Waals surface area contributed by atoms with E-state index in [4.69, 9.17) is 16.7 Å². The lowest BCUT2D eigenvalue weighted by Gasteiger charge is -2.04. The summed E-state index contributed by atoms with van der Waals surface area (Å²) in [4.78, 5) is 33.8. The van der Waals surface area contributed by atoms with Gasteiger partial charge >= 0.3 is 5.97 Å². The lowest BCUT2D eigenvalue weighted by Crippen LogP contribution is -2.14. The van der Waals surface area contributed by atoms with Crippen LogP contribution in [0.4, 0.5) is 5.69 Å². The van der Waals surface area contributed by atoms with E-state index in [0.717, 1.165) is 0 Å². The van der Waals surface area contributed by atoms with Crippen molar-refractivity contribution in [2.75, 3.05) is 5.32 Å². The number of aromatic nitrogens is 3. The summed E-state index contributed by atoms with van der Waals surface area (Å²) in [6.07, 6.45) is 4.96. The van der Waals surface area contributed by atoms with E-state index in [1.807, 2.05) is 0 Å². The summed E-state index contributed by atoms with van der Waals surface area (Å²) in [5.74, 6) is -1.66. The third-order valence-electron chi connectivity index (χ3n) is 2.10. The second kappa shape index (κ2) is 5.40. The highest BCUT2D eigenvalue weighted by Crippen LogP contribution is 2.10. The lowest BCUT2D eigenvalue weighted by atomic mass is 10.2. The second-order valence-corrected chi connectivity index (χ2v) is 3.83. The number of halogens is 1. The van der Waals surface area contributed by atoms with Crippen molar-refractivity contribution in [1.29, 1.82) is 0 Å². The van der Waals surface area contributed by atoms with Gasteiger partial charge in [-0.3, -0.25) is 9.78 Å².